The molecule has 0 saturated heterocycles. The number of benzene rings is 1. The predicted octanol–water partition coefficient (Wildman–Crippen LogP) is 4.84. The minimum absolute atomic E-state index is 0.0451. The number of carbonyl (C=O) groups excluding carboxylic acids is 1. The Kier molecular flexibility index (Phi) is 11.8. The van der Waals surface area contributed by atoms with E-state index in [4.69, 9.17) is 5.11 Å². The number of alkyl carbamates (subject to hydrolysis) is 1. The molecule has 3 rings (SSSR count). The largest absolute Gasteiger partial charge is 0.480 e. The third kappa shape index (κ3) is 10.5. The van der Waals surface area contributed by atoms with E-state index in [1.54, 1.807) is 12.1 Å². The maximum Gasteiger partial charge on any atom is 0.408 e. The molecule has 6 nitrogen and oxygen atoms in total. The summed E-state index contributed by atoms with van der Waals surface area (Å²) >= 11 is 0. The molecule has 0 aliphatic heterocycles. The number of carboxylic acid groups (broad SMARTS) is 1. The van der Waals surface area contributed by atoms with Crippen LogP contribution in [0.15, 0.2) is 43.0 Å². The summed E-state index contributed by atoms with van der Waals surface area (Å²) in [6.45, 7) is 3.44. The van der Waals surface area contributed by atoms with Crippen LogP contribution >= 0.6 is 0 Å². The van der Waals surface area contributed by atoms with Gasteiger partial charge in [-0.25, -0.2) is 9.59 Å². The quantitative estimate of drug-likeness (QED) is 0.514. The Labute approximate surface area is 186 Å². The highest BCUT2D eigenvalue weighted by Gasteiger charge is 2.21. The van der Waals surface area contributed by atoms with Crippen LogP contribution in [0.3, 0.4) is 0 Å². The maximum atomic E-state index is 11.3. The van der Waals surface area contributed by atoms with Crippen molar-refractivity contribution in [2.75, 3.05) is 6.61 Å². The molecule has 6 heteroatoms. The fourth-order valence-corrected chi connectivity index (χ4v) is 4.24. The van der Waals surface area contributed by atoms with Crippen LogP contribution in [0, 0.1) is 0 Å². The summed E-state index contributed by atoms with van der Waals surface area (Å²) in [6, 6.07) is 9.79. The van der Waals surface area contributed by atoms with Crippen molar-refractivity contribution in [3.63, 3.8) is 0 Å². The maximum absolute atomic E-state index is 11.3. The topological polar surface area (TPSA) is 87.7 Å². The molecule has 2 aliphatic rings. The van der Waals surface area contributed by atoms with Gasteiger partial charge in [-0.15, -0.1) is 0 Å². The molecule has 1 aromatic rings. The van der Waals surface area contributed by atoms with Crippen LogP contribution in [0.2, 0.25) is 0 Å². The first-order valence-electron chi connectivity index (χ1n) is 11.7. The van der Waals surface area contributed by atoms with Gasteiger partial charge >= 0.3 is 12.1 Å². The molecule has 3 N–H and O–H groups in total. The SMILES string of the molecule is C1CCC(NC2CCCCC2)CC1.C=CCOC(=O)N[C@H](Cc1ccccc1)C(=O)O. The molecule has 31 heavy (non-hydrogen) atoms. The van der Waals surface area contributed by atoms with E-state index >= 15 is 0 Å². The first-order chi connectivity index (χ1) is 15.1. The lowest BCUT2D eigenvalue weighted by Crippen LogP contribution is -2.42. The highest BCUT2D eigenvalue weighted by Crippen LogP contribution is 2.22. The number of hydrogen-bond donors (Lipinski definition) is 3. The molecule has 2 fully saturated rings. The van der Waals surface area contributed by atoms with Gasteiger partial charge in [-0.2, -0.15) is 0 Å². The molecule has 1 amide bonds. The van der Waals surface area contributed by atoms with Gasteiger partial charge in [0.05, 0.1) is 0 Å². The molecule has 2 saturated carbocycles. The summed E-state index contributed by atoms with van der Waals surface area (Å²) in [7, 11) is 0. The fraction of sp³-hybridized carbons (Fsp3) is 0.600. The van der Waals surface area contributed by atoms with Gasteiger partial charge < -0.3 is 20.5 Å². The smallest absolute Gasteiger partial charge is 0.408 e. The van der Waals surface area contributed by atoms with Gasteiger partial charge in [0.15, 0.2) is 0 Å². The second-order valence-electron chi connectivity index (χ2n) is 8.45. The van der Waals surface area contributed by atoms with Crippen LogP contribution in [0.5, 0.6) is 0 Å². The molecule has 2 aliphatic carbocycles. The Hall–Kier alpha value is -2.34. The molecule has 0 radical (unpaired) electrons. The Morgan fingerprint density at radius 1 is 1.00 bits per heavy atom. The van der Waals surface area contributed by atoms with Crippen molar-refractivity contribution in [3.8, 4) is 0 Å². The number of nitrogens with one attached hydrogen (secondary N) is 2. The monoisotopic (exact) mass is 430 g/mol. The van der Waals surface area contributed by atoms with Crippen LogP contribution < -0.4 is 10.6 Å². The summed E-state index contributed by atoms with van der Waals surface area (Å²) < 4.78 is 4.68. The third-order valence-corrected chi connectivity index (χ3v) is 5.89. The third-order valence-electron chi connectivity index (χ3n) is 5.89. The average molecular weight is 431 g/mol. The number of rotatable bonds is 8. The van der Waals surface area contributed by atoms with Crippen LogP contribution in [0.25, 0.3) is 0 Å². The van der Waals surface area contributed by atoms with Crippen molar-refractivity contribution in [3.05, 3.63) is 48.6 Å². The zero-order valence-corrected chi connectivity index (χ0v) is 18.6. The van der Waals surface area contributed by atoms with Gasteiger partial charge in [-0.3, -0.25) is 0 Å². The predicted molar refractivity (Wildman–Crippen MR) is 123 cm³/mol. The molecular formula is C25H38N2O4. The molecule has 1 atom stereocenters. The first-order valence-corrected chi connectivity index (χ1v) is 11.7. The lowest BCUT2D eigenvalue weighted by Gasteiger charge is -2.30. The Morgan fingerprint density at radius 3 is 2.03 bits per heavy atom. The van der Waals surface area contributed by atoms with Crippen molar-refractivity contribution < 1.29 is 19.4 Å². The number of ether oxygens (including phenoxy) is 1. The van der Waals surface area contributed by atoms with E-state index in [0.29, 0.717) is 0 Å². The van der Waals surface area contributed by atoms with Crippen molar-refractivity contribution in [1.82, 2.24) is 10.6 Å². The van der Waals surface area contributed by atoms with E-state index in [1.165, 1.54) is 70.3 Å². The zero-order chi connectivity index (χ0) is 22.3. The van der Waals surface area contributed by atoms with Crippen molar-refractivity contribution in [2.24, 2.45) is 0 Å². The molecular weight excluding hydrogens is 392 g/mol. The van der Waals surface area contributed by atoms with E-state index < -0.39 is 18.1 Å². The molecule has 0 heterocycles. The first kappa shape index (κ1) is 24.9. The number of amides is 1. The number of hydrogen-bond acceptors (Lipinski definition) is 4. The molecule has 0 unspecified atom stereocenters. The van der Waals surface area contributed by atoms with Gasteiger partial charge in [0.1, 0.15) is 12.6 Å². The summed E-state index contributed by atoms with van der Waals surface area (Å²) in [5, 5.41) is 15.2. The van der Waals surface area contributed by atoms with Gasteiger partial charge in [0.25, 0.3) is 0 Å². The van der Waals surface area contributed by atoms with Gasteiger partial charge in [0, 0.05) is 18.5 Å². The van der Waals surface area contributed by atoms with Crippen LogP contribution in [-0.2, 0) is 16.0 Å². The molecule has 1 aromatic carbocycles. The summed E-state index contributed by atoms with van der Waals surface area (Å²) in [6.07, 6.45) is 15.4. The van der Waals surface area contributed by atoms with Crippen LogP contribution in [0.4, 0.5) is 4.79 Å². The van der Waals surface area contributed by atoms with Crippen LogP contribution in [-0.4, -0.2) is 41.9 Å². The highest BCUT2D eigenvalue weighted by atomic mass is 16.5. The van der Waals surface area contributed by atoms with E-state index in [9.17, 15) is 9.59 Å². The minimum Gasteiger partial charge on any atom is -0.480 e. The van der Waals surface area contributed by atoms with Crippen molar-refractivity contribution in [2.45, 2.75) is 88.8 Å². The Morgan fingerprint density at radius 2 is 1.55 bits per heavy atom. The van der Waals surface area contributed by atoms with Gasteiger partial charge in [0.2, 0.25) is 0 Å². The van der Waals surface area contributed by atoms with E-state index in [0.717, 1.165) is 17.6 Å². The van der Waals surface area contributed by atoms with Crippen molar-refractivity contribution >= 4 is 12.1 Å². The normalized spacial score (nSPS) is 18.2. The number of aliphatic carboxylic acids is 1. The summed E-state index contributed by atoms with van der Waals surface area (Å²) in [5.41, 5.74) is 0.828. The van der Waals surface area contributed by atoms with E-state index in [-0.39, 0.29) is 13.0 Å². The Balaban J connectivity index is 0.000000231. The number of carboxylic acids is 1. The molecule has 172 valence electrons. The van der Waals surface area contributed by atoms with Crippen LogP contribution in [0.1, 0.15) is 69.8 Å². The van der Waals surface area contributed by atoms with Gasteiger partial charge in [-0.05, 0) is 31.2 Å². The van der Waals surface area contributed by atoms with E-state index in [2.05, 4.69) is 21.9 Å². The molecule has 0 bridgehead atoms. The lowest BCUT2D eigenvalue weighted by molar-refractivity contribution is -0.139. The summed E-state index contributed by atoms with van der Waals surface area (Å²) in [4.78, 5) is 22.3. The lowest BCUT2D eigenvalue weighted by atomic mass is 9.91. The minimum atomic E-state index is -1.10. The fourth-order valence-electron chi connectivity index (χ4n) is 4.24. The van der Waals surface area contributed by atoms with E-state index in [1.807, 2.05) is 18.2 Å². The standard InChI is InChI=1S/C13H15NO4.C12H23N/c1-2-8-18-13(17)14-11(12(15)16)9-10-6-4-3-5-7-10;1-3-7-11(8-4-1)13-12-9-5-2-6-10-12/h2-7,11H,1,8-9H2,(H,14,17)(H,15,16);11-13H,1-10H2/t11-;/m1./s1. The average Bonchev–Trinajstić information content (AvgIpc) is 2.80. The molecule has 0 spiro atoms. The zero-order valence-electron chi connectivity index (χ0n) is 18.6. The summed E-state index contributed by atoms with van der Waals surface area (Å²) in [5.74, 6) is -1.10. The van der Waals surface area contributed by atoms with Crippen molar-refractivity contribution in [1.29, 1.82) is 0 Å². The molecule has 0 aromatic heterocycles. The number of carbonyl (C=O) groups is 2. The highest BCUT2D eigenvalue weighted by molar-refractivity contribution is 5.80. The Bertz CT molecular complexity index is 637. The second kappa shape index (κ2) is 14.6. The second-order valence-corrected chi connectivity index (χ2v) is 8.45. The van der Waals surface area contributed by atoms with Gasteiger partial charge in [-0.1, -0.05) is 81.5 Å².